The predicted molar refractivity (Wildman–Crippen MR) is 98.1 cm³/mol. The van der Waals surface area contributed by atoms with Gasteiger partial charge in [0.05, 0.1) is 18.9 Å². The lowest BCUT2D eigenvalue weighted by molar-refractivity contribution is -0.152. The van der Waals surface area contributed by atoms with Crippen LogP contribution in [0.25, 0.3) is 11.3 Å². The van der Waals surface area contributed by atoms with Gasteiger partial charge in [-0.25, -0.2) is 14.6 Å². The molecule has 1 aromatic carbocycles. The van der Waals surface area contributed by atoms with E-state index in [1.54, 1.807) is 43.5 Å². The molecular formula is C17H17N3O6S. The number of hydrogen-bond acceptors (Lipinski definition) is 8. The number of carbonyl (C=O) groups excluding carboxylic acids is 4. The molecule has 0 bridgehead atoms. The van der Waals surface area contributed by atoms with Crippen LogP contribution in [-0.4, -0.2) is 42.0 Å². The Balaban J connectivity index is 2.00. The normalized spacial score (nSPS) is 10.0. The van der Waals surface area contributed by atoms with E-state index in [2.05, 4.69) is 25.1 Å². The topological polar surface area (TPSA) is 124 Å². The number of benzene rings is 1. The summed E-state index contributed by atoms with van der Waals surface area (Å²) in [5, 5.41) is 6.74. The monoisotopic (exact) mass is 391 g/mol. The molecule has 2 aromatic rings. The standard InChI is InChI=1S/C17H17N3O6S/c1-3-25-15(23)13(21)18-11-7-5-10(6-8-11)12-9-27-17(19-12)20-14(22)16(24)26-4-2/h5-9H,3-4H2,1-2H3,(H,18,21)(H,19,20,22). The molecule has 10 heteroatoms. The Morgan fingerprint density at radius 2 is 1.48 bits per heavy atom. The van der Waals surface area contributed by atoms with Crippen molar-refractivity contribution in [2.24, 2.45) is 0 Å². The van der Waals surface area contributed by atoms with E-state index in [0.717, 1.165) is 16.9 Å². The maximum absolute atomic E-state index is 11.6. The summed E-state index contributed by atoms with van der Waals surface area (Å²) in [5.74, 6) is -3.68. The molecule has 0 saturated heterocycles. The highest BCUT2D eigenvalue weighted by Gasteiger charge is 2.17. The second kappa shape index (κ2) is 9.43. The number of thiazole rings is 1. The van der Waals surface area contributed by atoms with Crippen LogP contribution in [0.4, 0.5) is 10.8 Å². The number of nitrogens with one attached hydrogen (secondary N) is 2. The van der Waals surface area contributed by atoms with Crippen LogP contribution >= 0.6 is 11.3 Å². The fraction of sp³-hybridized carbons (Fsp3) is 0.235. The number of esters is 2. The molecule has 142 valence electrons. The van der Waals surface area contributed by atoms with Crippen molar-refractivity contribution in [1.82, 2.24) is 4.98 Å². The minimum atomic E-state index is -0.976. The van der Waals surface area contributed by atoms with E-state index in [1.165, 1.54) is 0 Å². The van der Waals surface area contributed by atoms with Crippen LogP contribution in [-0.2, 0) is 28.7 Å². The van der Waals surface area contributed by atoms with Crippen LogP contribution in [0.1, 0.15) is 13.8 Å². The Morgan fingerprint density at radius 1 is 0.926 bits per heavy atom. The summed E-state index contributed by atoms with van der Waals surface area (Å²) in [4.78, 5) is 50.0. The van der Waals surface area contributed by atoms with Crippen molar-refractivity contribution in [1.29, 1.82) is 0 Å². The lowest BCUT2D eigenvalue weighted by atomic mass is 10.1. The Morgan fingerprint density at radius 3 is 2.04 bits per heavy atom. The average Bonchev–Trinajstić information content (AvgIpc) is 3.11. The van der Waals surface area contributed by atoms with Gasteiger partial charge < -0.3 is 14.8 Å². The fourth-order valence-electron chi connectivity index (χ4n) is 1.91. The lowest BCUT2D eigenvalue weighted by Crippen LogP contribution is -2.24. The Hall–Kier alpha value is -3.27. The van der Waals surface area contributed by atoms with Gasteiger partial charge in [-0.1, -0.05) is 12.1 Å². The maximum Gasteiger partial charge on any atom is 0.397 e. The number of aromatic nitrogens is 1. The molecule has 2 amide bonds. The average molecular weight is 391 g/mol. The zero-order valence-corrected chi connectivity index (χ0v) is 15.4. The summed E-state index contributed by atoms with van der Waals surface area (Å²) in [6.07, 6.45) is 0. The predicted octanol–water partition coefficient (Wildman–Crippen LogP) is 1.81. The van der Waals surface area contributed by atoms with Crippen LogP contribution in [0.3, 0.4) is 0 Å². The molecule has 1 aromatic heterocycles. The molecule has 0 aliphatic rings. The molecule has 2 rings (SSSR count). The zero-order chi connectivity index (χ0) is 19.8. The van der Waals surface area contributed by atoms with Gasteiger partial charge in [-0.2, -0.15) is 0 Å². The molecule has 2 N–H and O–H groups in total. The number of ether oxygens (including phenoxy) is 2. The Bertz CT molecular complexity index is 847. The van der Waals surface area contributed by atoms with Crippen LogP contribution in [0, 0.1) is 0 Å². The second-order valence-electron chi connectivity index (χ2n) is 4.96. The molecule has 0 fully saturated rings. The summed E-state index contributed by atoms with van der Waals surface area (Å²) in [6, 6.07) is 6.57. The van der Waals surface area contributed by atoms with Crippen molar-refractivity contribution < 1.29 is 28.7 Å². The van der Waals surface area contributed by atoms with Crippen molar-refractivity contribution in [2.75, 3.05) is 23.8 Å². The highest BCUT2D eigenvalue weighted by atomic mass is 32.1. The molecule has 0 saturated carbocycles. The number of hydrogen-bond donors (Lipinski definition) is 2. The molecular weight excluding hydrogens is 374 g/mol. The lowest BCUT2D eigenvalue weighted by Gasteiger charge is -2.05. The summed E-state index contributed by atoms with van der Waals surface area (Å²) in [7, 11) is 0. The van der Waals surface area contributed by atoms with Gasteiger partial charge in [0.1, 0.15) is 0 Å². The Labute approximate surface area is 158 Å². The van der Waals surface area contributed by atoms with Gasteiger partial charge >= 0.3 is 23.8 Å². The largest absolute Gasteiger partial charge is 0.459 e. The van der Waals surface area contributed by atoms with Gasteiger partial charge in [-0.05, 0) is 26.0 Å². The number of carbonyl (C=O) groups is 4. The van der Waals surface area contributed by atoms with Gasteiger partial charge in [-0.15, -0.1) is 11.3 Å². The highest BCUT2D eigenvalue weighted by molar-refractivity contribution is 7.14. The van der Waals surface area contributed by atoms with Gasteiger partial charge in [-0.3, -0.25) is 14.9 Å². The van der Waals surface area contributed by atoms with E-state index in [0.29, 0.717) is 11.4 Å². The van der Waals surface area contributed by atoms with Crippen molar-refractivity contribution in [3.05, 3.63) is 29.6 Å². The van der Waals surface area contributed by atoms with E-state index in [-0.39, 0.29) is 18.3 Å². The zero-order valence-electron chi connectivity index (χ0n) is 14.6. The smallest absolute Gasteiger partial charge is 0.397 e. The van der Waals surface area contributed by atoms with Gasteiger partial charge in [0.25, 0.3) is 0 Å². The summed E-state index contributed by atoms with van der Waals surface area (Å²) >= 11 is 1.15. The number of anilines is 2. The van der Waals surface area contributed by atoms with Crippen molar-refractivity contribution in [2.45, 2.75) is 13.8 Å². The first-order chi connectivity index (χ1) is 12.9. The van der Waals surface area contributed by atoms with Crippen molar-refractivity contribution in [3.63, 3.8) is 0 Å². The molecule has 0 spiro atoms. The minimum Gasteiger partial charge on any atom is -0.459 e. The highest BCUT2D eigenvalue weighted by Crippen LogP contribution is 2.26. The van der Waals surface area contributed by atoms with Crippen LogP contribution in [0.5, 0.6) is 0 Å². The minimum absolute atomic E-state index is 0.106. The molecule has 0 unspecified atom stereocenters. The quantitative estimate of drug-likeness (QED) is 0.588. The summed E-state index contributed by atoms with van der Waals surface area (Å²) in [6.45, 7) is 3.43. The first kappa shape index (κ1) is 20.0. The molecule has 0 aliphatic heterocycles. The molecule has 0 aliphatic carbocycles. The van der Waals surface area contributed by atoms with Gasteiger partial charge in [0, 0.05) is 16.6 Å². The summed E-state index contributed by atoms with van der Waals surface area (Å²) in [5.41, 5.74) is 1.71. The first-order valence-electron chi connectivity index (χ1n) is 7.96. The fourth-order valence-corrected chi connectivity index (χ4v) is 2.63. The van der Waals surface area contributed by atoms with E-state index in [4.69, 9.17) is 0 Å². The van der Waals surface area contributed by atoms with Crippen LogP contribution in [0.2, 0.25) is 0 Å². The van der Waals surface area contributed by atoms with Crippen LogP contribution < -0.4 is 10.6 Å². The Kier molecular flexibility index (Phi) is 7.00. The number of amides is 2. The van der Waals surface area contributed by atoms with Crippen LogP contribution in [0.15, 0.2) is 29.6 Å². The second-order valence-corrected chi connectivity index (χ2v) is 5.82. The van der Waals surface area contributed by atoms with E-state index in [1.807, 2.05) is 0 Å². The van der Waals surface area contributed by atoms with Gasteiger partial charge in [0.15, 0.2) is 5.13 Å². The maximum atomic E-state index is 11.6. The third-order valence-corrected chi connectivity index (χ3v) is 3.84. The third-order valence-electron chi connectivity index (χ3n) is 3.08. The van der Waals surface area contributed by atoms with Crippen molar-refractivity contribution in [3.8, 4) is 11.3 Å². The number of nitrogens with zero attached hydrogens (tertiary/aromatic N) is 1. The molecule has 0 atom stereocenters. The van der Waals surface area contributed by atoms with E-state index < -0.39 is 23.8 Å². The third kappa shape index (κ3) is 5.61. The first-order valence-corrected chi connectivity index (χ1v) is 8.84. The molecule has 9 nitrogen and oxygen atoms in total. The molecule has 1 heterocycles. The molecule has 0 radical (unpaired) electrons. The SMILES string of the molecule is CCOC(=O)C(=O)Nc1ccc(-c2csc(NC(=O)C(=O)OCC)n2)cc1. The van der Waals surface area contributed by atoms with E-state index >= 15 is 0 Å². The molecule has 27 heavy (non-hydrogen) atoms. The van der Waals surface area contributed by atoms with Gasteiger partial charge in [0.2, 0.25) is 0 Å². The summed E-state index contributed by atoms with van der Waals surface area (Å²) < 4.78 is 9.21. The van der Waals surface area contributed by atoms with Crippen molar-refractivity contribution >= 4 is 45.9 Å². The number of rotatable bonds is 5. The van der Waals surface area contributed by atoms with E-state index in [9.17, 15) is 19.2 Å².